The van der Waals surface area contributed by atoms with Gasteiger partial charge in [-0.05, 0) is 38.1 Å². The molecule has 13 heteroatoms. The predicted molar refractivity (Wildman–Crippen MR) is 123 cm³/mol. The highest BCUT2D eigenvalue weighted by atomic mass is 19.1. The smallest absolute Gasteiger partial charge is 0.396 e. The Morgan fingerprint density at radius 1 is 0.972 bits per heavy atom. The van der Waals surface area contributed by atoms with Crippen molar-refractivity contribution in [3.63, 3.8) is 0 Å². The number of nitrogens with one attached hydrogen (secondary N) is 1. The summed E-state index contributed by atoms with van der Waals surface area (Å²) in [6.45, 7) is 3.77. The number of carbonyl (C=O) groups is 4. The van der Waals surface area contributed by atoms with E-state index in [0.717, 1.165) is 6.21 Å². The molecule has 1 aromatic heterocycles. The van der Waals surface area contributed by atoms with Gasteiger partial charge in [0.1, 0.15) is 11.6 Å². The lowest BCUT2D eigenvalue weighted by molar-refractivity contribution is -0.148. The summed E-state index contributed by atoms with van der Waals surface area (Å²) < 4.78 is 39.8. The monoisotopic (exact) mass is 504 g/mol. The molecule has 36 heavy (non-hydrogen) atoms. The van der Waals surface area contributed by atoms with E-state index in [1.807, 2.05) is 0 Å². The van der Waals surface area contributed by atoms with E-state index in [1.165, 1.54) is 24.3 Å². The van der Waals surface area contributed by atoms with Crippen LogP contribution in [-0.2, 0) is 23.9 Å². The third-order valence-electron chi connectivity index (χ3n) is 3.50. The topological polar surface area (TPSA) is 150 Å². The van der Waals surface area contributed by atoms with Crippen LogP contribution in [0.2, 0.25) is 0 Å². The van der Waals surface area contributed by atoms with E-state index in [2.05, 4.69) is 30.0 Å². The number of ether oxygens (including phenoxy) is 2. The maximum absolute atomic E-state index is 13.3. The number of para-hydroxylation sites is 2. The SMILES string of the molecule is CCOC(=O)C=O.CCOC(=O)c1nnc(Nc2ccccc2F)o1.O=CC=Nc1ccccc1F. The summed E-state index contributed by atoms with van der Waals surface area (Å²) in [5.74, 6) is -2.69. The van der Waals surface area contributed by atoms with Gasteiger partial charge < -0.3 is 19.2 Å². The Bertz CT molecular complexity index is 1170. The van der Waals surface area contributed by atoms with Gasteiger partial charge in [-0.15, -0.1) is 0 Å². The van der Waals surface area contributed by atoms with Crippen LogP contribution in [0.4, 0.5) is 26.2 Å². The van der Waals surface area contributed by atoms with Crippen molar-refractivity contribution in [2.24, 2.45) is 4.99 Å². The molecule has 1 N–H and O–H groups in total. The largest absolute Gasteiger partial charge is 0.460 e. The molecule has 0 atom stereocenters. The lowest BCUT2D eigenvalue weighted by atomic mass is 10.3. The van der Waals surface area contributed by atoms with Crippen molar-refractivity contribution < 1.29 is 41.8 Å². The molecule has 2 aromatic carbocycles. The van der Waals surface area contributed by atoms with Crippen molar-refractivity contribution in [2.75, 3.05) is 18.5 Å². The fourth-order valence-electron chi connectivity index (χ4n) is 2.07. The first kappa shape index (κ1) is 29.2. The van der Waals surface area contributed by atoms with Crippen molar-refractivity contribution in [3.05, 3.63) is 66.1 Å². The minimum atomic E-state index is -0.803. The maximum atomic E-state index is 13.3. The zero-order chi connectivity index (χ0) is 26.8. The fourth-order valence-corrected chi connectivity index (χ4v) is 2.07. The Hall–Kier alpha value is -4.81. The summed E-state index contributed by atoms with van der Waals surface area (Å²) in [7, 11) is 0. The summed E-state index contributed by atoms with van der Waals surface area (Å²) in [6.07, 6.45) is 1.66. The van der Waals surface area contributed by atoms with Gasteiger partial charge in [-0.3, -0.25) is 14.6 Å². The van der Waals surface area contributed by atoms with Crippen molar-refractivity contribution in [2.45, 2.75) is 13.8 Å². The first-order chi connectivity index (χ1) is 17.4. The average Bonchev–Trinajstić information content (AvgIpc) is 3.35. The van der Waals surface area contributed by atoms with Gasteiger partial charge in [-0.25, -0.2) is 18.4 Å². The molecule has 0 spiro atoms. The van der Waals surface area contributed by atoms with Gasteiger partial charge in [0.05, 0.1) is 30.8 Å². The highest BCUT2D eigenvalue weighted by Crippen LogP contribution is 2.18. The van der Waals surface area contributed by atoms with Gasteiger partial charge >= 0.3 is 23.8 Å². The second-order valence-electron chi connectivity index (χ2n) is 5.97. The van der Waals surface area contributed by atoms with Crippen LogP contribution < -0.4 is 5.32 Å². The highest BCUT2D eigenvalue weighted by molar-refractivity contribution is 6.20. The highest BCUT2D eigenvalue weighted by Gasteiger charge is 2.16. The average molecular weight is 504 g/mol. The minimum absolute atomic E-state index is 0.0804. The second-order valence-corrected chi connectivity index (χ2v) is 5.97. The molecule has 3 rings (SSSR count). The number of carbonyl (C=O) groups excluding carboxylic acids is 4. The van der Waals surface area contributed by atoms with Crippen LogP contribution in [-0.4, -0.2) is 54.1 Å². The number of nitrogens with zero attached hydrogens (tertiary/aromatic N) is 3. The van der Waals surface area contributed by atoms with Gasteiger partial charge in [0.25, 0.3) is 0 Å². The molecule has 0 aliphatic rings. The van der Waals surface area contributed by atoms with E-state index in [-0.39, 0.29) is 42.8 Å². The number of aromatic nitrogens is 2. The third-order valence-corrected chi connectivity index (χ3v) is 3.50. The zero-order valence-corrected chi connectivity index (χ0v) is 19.2. The van der Waals surface area contributed by atoms with Crippen LogP contribution in [0.25, 0.3) is 0 Å². The summed E-state index contributed by atoms with van der Waals surface area (Å²) in [4.78, 5) is 43.9. The molecule has 0 bridgehead atoms. The maximum Gasteiger partial charge on any atom is 0.396 e. The van der Waals surface area contributed by atoms with Crippen molar-refractivity contribution >= 4 is 48.1 Å². The van der Waals surface area contributed by atoms with E-state index in [9.17, 15) is 28.0 Å². The van der Waals surface area contributed by atoms with Crippen LogP contribution in [0, 0.1) is 11.6 Å². The molecule has 0 radical (unpaired) electrons. The Morgan fingerprint density at radius 2 is 1.61 bits per heavy atom. The molecule has 190 valence electrons. The van der Waals surface area contributed by atoms with E-state index in [4.69, 9.17) is 4.42 Å². The Morgan fingerprint density at radius 3 is 2.17 bits per heavy atom. The quantitative estimate of drug-likeness (QED) is 0.209. The molecule has 3 aromatic rings. The Kier molecular flexibility index (Phi) is 13.6. The molecule has 0 aliphatic carbocycles. The van der Waals surface area contributed by atoms with Crippen molar-refractivity contribution in [1.29, 1.82) is 0 Å². The van der Waals surface area contributed by atoms with Gasteiger partial charge in [-0.1, -0.05) is 34.5 Å². The summed E-state index contributed by atoms with van der Waals surface area (Å²) in [5, 5.41) is 9.61. The molecule has 0 aliphatic heterocycles. The van der Waals surface area contributed by atoms with Gasteiger partial charge in [0.15, 0.2) is 6.29 Å². The third kappa shape index (κ3) is 10.9. The molecular formula is C23H22F2N4O7. The van der Waals surface area contributed by atoms with Crippen molar-refractivity contribution in [1.82, 2.24) is 10.2 Å². The van der Waals surface area contributed by atoms with E-state index in [0.29, 0.717) is 6.29 Å². The molecule has 0 unspecified atom stereocenters. The molecule has 0 fully saturated rings. The number of benzene rings is 2. The standard InChI is InChI=1S/C11H10FN3O3.C8H6FNO.C4H6O3/c1-2-17-10(16)9-14-15-11(18-9)13-8-6-4-3-5-7(8)12;9-7-3-1-2-4-8(7)10-5-6-11;1-2-7-4(6)3-5/h3-6H,2H2,1H3,(H,13,15);1-6H;3H,2H2,1H3. The Labute approximate surface area is 204 Å². The van der Waals surface area contributed by atoms with Crippen LogP contribution >= 0.6 is 0 Å². The number of aldehydes is 2. The van der Waals surface area contributed by atoms with Crippen LogP contribution in [0.1, 0.15) is 24.5 Å². The van der Waals surface area contributed by atoms with Crippen LogP contribution in [0.5, 0.6) is 0 Å². The van der Waals surface area contributed by atoms with E-state index in [1.54, 1.807) is 38.1 Å². The lowest BCUT2D eigenvalue weighted by Crippen LogP contribution is -2.04. The van der Waals surface area contributed by atoms with Gasteiger partial charge in [0.2, 0.25) is 6.29 Å². The first-order valence-corrected chi connectivity index (χ1v) is 10.2. The number of rotatable bonds is 8. The number of esters is 2. The summed E-state index contributed by atoms with van der Waals surface area (Å²) in [6, 6.07) is 11.9. The number of aliphatic imine (C=N–C) groups is 1. The molecule has 0 saturated carbocycles. The fraction of sp³-hybridized carbons (Fsp3) is 0.174. The molecule has 0 saturated heterocycles. The molecular weight excluding hydrogens is 482 g/mol. The van der Waals surface area contributed by atoms with Crippen LogP contribution in [0.15, 0.2) is 57.9 Å². The van der Waals surface area contributed by atoms with E-state index < -0.39 is 23.6 Å². The predicted octanol–water partition coefficient (Wildman–Crippen LogP) is 3.60. The zero-order valence-electron chi connectivity index (χ0n) is 19.2. The summed E-state index contributed by atoms with van der Waals surface area (Å²) in [5.41, 5.74) is 0.358. The number of anilines is 2. The second kappa shape index (κ2) is 16.7. The lowest BCUT2D eigenvalue weighted by Gasteiger charge is -2.01. The van der Waals surface area contributed by atoms with Crippen molar-refractivity contribution in [3.8, 4) is 0 Å². The normalized spacial score (nSPS) is 9.67. The minimum Gasteiger partial charge on any atom is -0.460 e. The van der Waals surface area contributed by atoms with Gasteiger partial charge in [0, 0.05) is 0 Å². The Balaban J connectivity index is 0.000000306. The summed E-state index contributed by atoms with van der Waals surface area (Å²) >= 11 is 0. The molecule has 0 amide bonds. The van der Waals surface area contributed by atoms with E-state index >= 15 is 0 Å². The number of hydrogen-bond donors (Lipinski definition) is 1. The number of hydrogen-bond acceptors (Lipinski definition) is 11. The van der Waals surface area contributed by atoms with Crippen LogP contribution in [0.3, 0.4) is 0 Å². The molecule has 1 heterocycles. The van der Waals surface area contributed by atoms with Gasteiger partial charge in [-0.2, -0.15) is 0 Å². The molecule has 11 nitrogen and oxygen atoms in total. The first-order valence-electron chi connectivity index (χ1n) is 10.2. The number of halogens is 2.